The standard InChI is InChI=1S/C20H18Br2O4/c1-12(2)25-19(24)20(9-10-20)26-15-6-3-13(4-7-15)18(23)14-5-8-16(21)17(22)11-14/h3-8,11-12H,9-10H2,1-2H3. The fraction of sp³-hybridized carbons (Fsp3) is 0.300. The minimum Gasteiger partial charge on any atom is -0.476 e. The van der Waals surface area contributed by atoms with E-state index in [1.54, 1.807) is 36.4 Å². The van der Waals surface area contributed by atoms with Gasteiger partial charge in [0, 0.05) is 32.9 Å². The third kappa shape index (κ3) is 4.18. The molecular weight excluding hydrogens is 464 g/mol. The number of benzene rings is 2. The van der Waals surface area contributed by atoms with Crippen molar-refractivity contribution in [2.75, 3.05) is 0 Å². The topological polar surface area (TPSA) is 52.6 Å². The highest BCUT2D eigenvalue weighted by Crippen LogP contribution is 2.41. The normalized spacial score (nSPS) is 14.8. The number of hydrogen-bond donors (Lipinski definition) is 0. The van der Waals surface area contributed by atoms with Crippen molar-refractivity contribution >= 4 is 43.6 Å². The lowest BCUT2D eigenvalue weighted by atomic mass is 10.0. The number of ketones is 1. The molecule has 4 nitrogen and oxygen atoms in total. The van der Waals surface area contributed by atoms with E-state index in [1.807, 2.05) is 19.9 Å². The minimum absolute atomic E-state index is 0.0786. The van der Waals surface area contributed by atoms with E-state index < -0.39 is 5.60 Å². The van der Waals surface area contributed by atoms with Crippen LogP contribution in [0.2, 0.25) is 0 Å². The summed E-state index contributed by atoms with van der Waals surface area (Å²) in [6.07, 6.45) is 1.12. The van der Waals surface area contributed by atoms with Crippen LogP contribution in [0.15, 0.2) is 51.4 Å². The quantitative estimate of drug-likeness (QED) is 0.414. The highest BCUT2D eigenvalue weighted by atomic mass is 79.9. The van der Waals surface area contributed by atoms with Gasteiger partial charge >= 0.3 is 5.97 Å². The zero-order valence-corrected chi connectivity index (χ0v) is 17.6. The summed E-state index contributed by atoms with van der Waals surface area (Å²) >= 11 is 6.80. The summed E-state index contributed by atoms with van der Waals surface area (Å²) in [5.41, 5.74) is 0.279. The number of hydrogen-bond acceptors (Lipinski definition) is 4. The van der Waals surface area contributed by atoms with Crippen molar-refractivity contribution in [3.05, 3.63) is 62.5 Å². The van der Waals surface area contributed by atoms with Gasteiger partial charge in [-0.1, -0.05) is 0 Å². The molecule has 0 amide bonds. The first-order valence-electron chi connectivity index (χ1n) is 8.31. The van der Waals surface area contributed by atoms with Gasteiger partial charge in [-0.25, -0.2) is 4.79 Å². The maximum Gasteiger partial charge on any atom is 0.350 e. The van der Waals surface area contributed by atoms with E-state index in [9.17, 15) is 9.59 Å². The molecule has 0 N–H and O–H groups in total. The Kier molecular flexibility index (Phi) is 5.53. The number of ether oxygens (including phenoxy) is 2. The van der Waals surface area contributed by atoms with Gasteiger partial charge in [0.25, 0.3) is 0 Å². The number of rotatable bonds is 6. The molecule has 26 heavy (non-hydrogen) atoms. The molecule has 0 heterocycles. The van der Waals surface area contributed by atoms with Gasteiger partial charge in [0.15, 0.2) is 5.78 Å². The van der Waals surface area contributed by atoms with Crippen LogP contribution in [0.5, 0.6) is 5.75 Å². The summed E-state index contributed by atoms with van der Waals surface area (Å²) in [4.78, 5) is 24.7. The summed E-state index contributed by atoms with van der Waals surface area (Å²) in [5, 5.41) is 0. The Morgan fingerprint density at radius 3 is 2.12 bits per heavy atom. The second-order valence-electron chi connectivity index (χ2n) is 6.53. The van der Waals surface area contributed by atoms with Crippen molar-refractivity contribution in [2.24, 2.45) is 0 Å². The van der Waals surface area contributed by atoms with Crippen molar-refractivity contribution in [1.29, 1.82) is 0 Å². The molecule has 0 atom stereocenters. The van der Waals surface area contributed by atoms with Crippen molar-refractivity contribution < 1.29 is 19.1 Å². The molecule has 2 aromatic carbocycles. The monoisotopic (exact) mass is 480 g/mol. The van der Waals surface area contributed by atoms with Gasteiger partial charge < -0.3 is 9.47 Å². The molecule has 136 valence electrons. The molecule has 0 aliphatic heterocycles. The molecule has 1 aliphatic carbocycles. The first-order chi connectivity index (χ1) is 12.3. The lowest BCUT2D eigenvalue weighted by molar-refractivity contribution is -0.158. The van der Waals surface area contributed by atoms with Crippen molar-refractivity contribution in [2.45, 2.75) is 38.4 Å². The van der Waals surface area contributed by atoms with E-state index in [-0.39, 0.29) is 17.9 Å². The van der Waals surface area contributed by atoms with Crippen LogP contribution in [0.1, 0.15) is 42.6 Å². The lowest BCUT2D eigenvalue weighted by Crippen LogP contribution is -2.33. The van der Waals surface area contributed by atoms with Crippen molar-refractivity contribution in [3.8, 4) is 5.75 Å². The van der Waals surface area contributed by atoms with E-state index in [4.69, 9.17) is 9.47 Å². The third-order valence-electron chi connectivity index (χ3n) is 4.03. The number of esters is 1. The molecule has 0 bridgehead atoms. The maximum atomic E-state index is 12.6. The average Bonchev–Trinajstić information content (AvgIpc) is 3.38. The molecule has 0 spiro atoms. The predicted molar refractivity (Wildman–Crippen MR) is 106 cm³/mol. The molecule has 0 unspecified atom stereocenters. The smallest absolute Gasteiger partial charge is 0.350 e. The molecule has 1 aliphatic rings. The Morgan fingerprint density at radius 1 is 0.962 bits per heavy atom. The van der Waals surface area contributed by atoms with E-state index in [2.05, 4.69) is 31.9 Å². The molecule has 3 rings (SSSR count). The zero-order valence-electron chi connectivity index (χ0n) is 14.4. The van der Waals surface area contributed by atoms with Gasteiger partial charge in [-0.05, 0) is 88.2 Å². The highest BCUT2D eigenvalue weighted by Gasteiger charge is 2.54. The first kappa shape index (κ1) is 19.1. The molecule has 0 radical (unpaired) electrons. The van der Waals surface area contributed by atoms with Crippen LogP contribution < -0.4 is 4.74 Å². The maximum absolute atomic E-state index is 12.6. The van der Waals surface area contributed by atoms with E-state index >= 15 is 0 Å². The van der Waals surface area contributed by atoms with Crippen LogP contribution in [0.3, 0.4) is 0 Å². The summed E-state index contributed by atoms with van der Waals surface area (Å²) in [7, 11) is 0. The van der Waals surface area contributed by atoms with E-state index in [1.165, 1.54) is 0 Å². The number of carbonyl (C=O) groups excluding carboxylic acids is 2. The molecular formula is C20H18Br2O4. The Balaban J connectivity index is 1.71. The highest BCUT2D eigenvalue weighted by molar-refractivity contribution is 9.13. The van der Waals surface area contributed by atoms with Gasteiger partial charge in [-0.15, -0.1) is 0 Å². The Hall–Kier alpha value is -1.66. The van der Waals surface area contributed by atoms with Gasteiger partial charge in [0.05, 0.1) is 6.10 Å². The van der Waals surface area contributed by atoms with Crippen LogP contribution in [0, 0.1) is 0 Å². The summed E-state index contributed by atoms with van der Waals surface area (Å²) < 4.78 is 12.8. The van der Waals surface area contributed by atoms with Crippen LogP contribution in [-0.4, -0.2) is 23.5 Å². The predicted octanol–water partition coefficient (Wildman–Crippen LogP) is 5.31. The van der Waals surface area contributed by atoms with E-state index in [0.717, 1.165) is 8.95 Å². The first-order valence-corrected chi connectivity index (χ1v) is 9.89. The minimum atomic E-state index is -0.869. The number of halogens is 2. The summed E-state index contributed by atoms with van der Waals surface area (Å²) in [6.45, 7) is 3.63. The second-order valence-corrected chi connectivity index (χ2v) is 8.24. The Labute approximate surface area is 169 Å². The number of carbonyl (C=O) groups is 2. The molecule has 6 heteroatoms. The Bertz CT molecular complexity index is 839. The van der Waals surface area contributed by atoms with Crippen LogP contribution in [0.25, 0.3) is 0 Å². The summed E-state index contributed by atoms with van der Waals surface area (Å²) in [6, 6.07) is 12.2. The molecule has 2 aromatic rings. The van der Waals surface area contributed by atoms with Crippen molar-refractivity contribution in [3.63, 3.8) is 0 Å². The fourth-order valence-corrected chi connectivity index (χ4v) is 3.11. The Morgan fingerprint density at radius 2 is 1.58 bits per heavy atom. The fourth-order valence-electron chi connectivity index (χ4n) is 2.49. The average molecular weight is 482 g/mol. The van der Waals surface area contributed by atoms with Gasteiger partial charge in [-0.2, -0.15) is 0 Å². The summed E-state index contributed by atoms with van der Waals surface area (Å²) in [5.74, 6) is 0.147. The third-order valence-corrected chi connectivity index (χ3v) is 5.91. The van der Waals surface area contributed by atoms with Crippen molar-refractivity contribution in [1.82, 2.24) is 0 Å². The molecule has 0 aromatic heterocycles. The largest absolute Gasteiger partial charge is 0.476 e. The second kappa shape index (κ2) is 7.53. The zero-order chi connectivity index (χ0) is 18.9. The van der Waals surface area contributed by atoms with Gasteiger partial charge in [-0.3, -0.25) is 4.79 Å². The van der Waals surface area contributed by atoms with Crippen LogP contribution >= 0.6 is 31.9 Å². The van der Waals surface area contributed by atoms with Gasteiger partial charge in [0.2, 0.25) is 5.60 Å². The van der Waals surface area contributed by atoms with Crippen LogP contribution in [-0.2, 0) is 9.53 Å². The van der Waals surface area contributed by atoms with E-state index in [0.29, 0.717) is 29.7 Å². The van der Waals surface area contributed by atoms with Gasteiger partial charge in [0.1, 0.15) is 5.75 Å². The lowest BCUT2D eigenvalue weighted by Gasteiger charge is -2.18. The molecule has 1 fully saturated rings. The molecule has 1 saturated carbocycles. The van der Waals surface area contributed by atoms with Crippen LogP contribution in [0.4, 0.5) is 0 Å². The SMILES string of the molecule is CC(C)OC(=O)C1(Oc2ccc(C(=O)c3ccc(Br)c(Br)c3)cc2)CC1. The molecule has 0 saturated heterocycles.